The van der Waals surface area contributed by atoms with Crippen LogP contribution in [-0.4, -0.2) is 40.8 Å². The van der Waals surface area contributed by atoms with E-state index >= 15 is 0 Å². The molecule has 0 spiro atoms. The molecular weight excluding hydrogens is 446 g/mol. The number of aryl methyl sites for hydroxylation is 1. The van der Waals surface area contributed by atoms with E-state index in [1.807, 2.05) is 12.1 Å². The van der Waals surface area contributed by atoms with Crippen LogP contribution < -0.4 is 15.2 Å². The maximum absolute atomic E-state index is 6.31. The van der Waals surface area contributed by atoms with Crippen LogP contribution in [0.25, 0.3) is 26.8 Å². The van der Waals surface area contributed by atoms with Crippen molar-refractivity contribution < 1.29 is 9.47 Å². The van der Waals surface area contributed by atoms with Gasteiger partial charge in [-0.2, -0.15) is 0 Å². The molecule has 2 aromatic heterocycles. The van der Waals surface area contributed by atoms with Crippen molar-refractivity contribution in [1.82, 2.24) is 15.0 Å². The first-order valence-electron chi connectivity index (χ1n) is 11.7. The molecule has 0 bridgehead atoms. The number of rotatable bonds is 5. The van der Waals surface area contributed by atoms with Gasteiger partial charge in [-0.25, -0.2) is 15.0 Å². The third-order valence-electron chi connectivity index (χ3n) is 6.43. The van der Waals surface area contributed by atoms with E-state index in [0.29, 0.717) is 13.2 Å². The molecule has 2 atom stereocenters. The van der Waals surface area contributed by atoms with Crippen LogP contribution in [0.1, 0.15) is 34.9 Å². The third-order valence-corrected chi connectivity index (χ3v) is 7.60. The summed E-state index contributed by atoms with van der Waals surface area (Å²) in [4.78, 5) is 13.5. The van der Waals surface area contributed by atoms with Gasteiger partial charge >= 0.3 is 0 Å². The minimum atomic E-state index is 0.211. The minimum Gasteiger partial charge on any atom is -0.657 e. The van der Waals surface area contributed by atoms with Crippen molar-refractivity contribution in [1.29, 1.82) is 0 Å². The Morgan fingerprint density at radius 2 is 2.15 bits per heavy atom. The Balaban J connectivity index is 1.37. The van der Waals surface area contributed by atoms with Gasteiger partial charge in [0.05, 0.1) is 23.6 Å². The zero-order valence-corrected chi connectivity index (χ0v) is 19.8. The topological polar surface area (TPSA) is 97.2 Å². The molecular formula is C26H26N5O2S-. The van der Waals surface area contributed by atoms with Crippen molar-refractivity contribution in [3.63, 3.8) is 0 Å². The first-order chi connectivity index (χ1) is 16.6. The van der Waals surface area contributed by atoms with Crippen molar-refractivity contribution in [3.05, 3.63) is 64.0 Å². The van der Waals surface area contributed by atoms with Crippen LogP contribution in [0.2, 0.25) is 0 Å². The molecule has 0 aliphatic carbocycles. The predicted molar refractivity (Wildman–Crippen MR) is 135 cm³/mol. The number of nitrogens with zero attached hydrogens (tertiary/aromatic N) is 4. The molecule has 2 N–H and O–H groups in total. The Kier molecular flexibility index (Phi) is 5.55. The Labute approximate surface area is 202 Å². The van der Waals surface area contributed by atoms with Crippen LogP contribution in [0.5, 0.6) is 11.5 Å². The number of thiazole rings is 1. The Morgan fingerprint density at radius 1 is 1.21 bits per heavy atom. The van der Waals surface area contributed by atoms with Crippen molar-refractivity contribution in [2.24, 2.45) is 0 Å². The van der Waals surface area contributed by atoms with E-state index in [2.05, 4.69) is 46.5 Å². The van der Waals surface area contributed by atoms with E-state index < -0.39 is 0 Å². The van der Waals surface area contributed by atoms with E-state index in [1.165, 1.54) is 11.1 Å². The third kappa shape index (κ3) is 4.19. The summed E-state index contributed by atoms with van der Waals surface area (Å²) in [6.45, 7) is 4.23. The van der Waals surface area contributed by atoms with Crippen LogP contribution in [0.4, 0.5) is 5.95 Å². The highest BCUT2D eigenvalue weighted by atomic mass is 32.1. The molecule has 0 radical (unpaired) electrons. The van der Waals surface area contributed by atoms with E-state index in [9.17, 15) is 0 Å². The van der Waals surface area contributed by atoms with Gasteiger partial charge in [-0.15, -0.1) is 23.9 Å². The normalized spacial score (nSPS) is 19.7. The van der Waals surface area contributed by atoms with E-state index in [4.69, 9.17) is 20.2 Å². The molecule has 2 aromatic carbocycles. The molecule has 2 aliphatic heterocycles. The monoisotopic (exact) mass is 472 g/mol. The van der Waals surface area contributed by atoms with Gasteiger partial charge in [-0.05, 0) is 43.2 Å². The molecule has 34 heavy (non-hydrogen) atoms. The summed E-state index contributed by atoms with van der Waals surface area (Å²) in [6, 6.07) is 12.6. The number of anilines is 1. The highest BCUT2D eigenvalue weighted by molar-refractivity contribution is 7.18. The number of benzene rings is 2. The van der Waals surface area contributed by atoms with Gasteiger partial charge in [0, 0.05) is 17.7 Å². The van der Waals surface area contributed by atoms with E-state index in [1.54, 1.807) is 17.5 Å². The van der Waals surface area contributed by atoms with Gasteiger partial charge in [0.2, 0.25) is 5.95 Å². The number of nitrogen functional groups attached to an aromatic ring is 1. The summed E-state index contributed by atoms with van der Waals surface area (Å²) in [7, 11) is 0. The van der Waals surface area contributed by atoms with Gasteiger partial charge in [0.1, 0.15) is 22.0 Å². The fourth-order valence-corrected chi connectivity index (χ4v) is 5.79. The molecule has 1 fully saturated rings. The number of hydrogen-bond donors (Lipinski definition) is 1. The average Bonchev–Trinajstić information content (AvgIpc) is 3.52. The smallest absolute Gasteiger partial charge is 0.220 e. The lowest BCUT2D eigenvalue weighted by Gasteiger charge is -2.24. The molecule has 174 valence electrons. The molecule has 2 unspecified atom stereocenters. The molecule has 7 nitrogen and oxygen atoms in total. The number of nitrogens with two attached hydrogens (primary N) is 1. The maximum Gasteiger partial charge on any atom is 0.220 e. The number of hydrogen-bond acceptors (Lipinski definition) is 7. The van der Waals surface area contributed by atoms with Gasteiger partial charge in [-0.1, -0.05) is 30.5 Å². The molecule has 0 amide bonds. The highest BCUT2D eigenvalue weighted by Gasteiger charge is 2.25. The van der Waals surface area contributed by atoms with Crippen molar-refractivity contribution in [2.75, 3.05) is 25.5 Å². The predicted octanol–water partition coefficient (Wildman–Crippen LogP) is 5.28. The fourth-order valence-electron chi connectivity index (χ4n) is 4.68. The summed E-state index contributed by atoms with van der Waals surface area (Å²) in [5.41, 5.74) is 10.9. The summed E-state index contributed by atoms with van der Waals surface area (Å²) >= 11 is 1.70. The number of aromatic nitrogens is 3. The summed E-state index contributed by atoms with van der Waals surface area (Å²) < 4.78 is 13.5. The van der Waals surface area contributed by atoms with Gasteiger partial charge < -0.3 is 20.5 Å². The SMILES string of the molecule is Cc1ccc2c(c1)CC(c1nc3c(OCC4CCC[N-]4)cc(-c4ccnc(N)n4)cc3s1)CO2. The minimum absolute atomic E-state index is 0.211. The second kappa shape index (κ2) is 8.85. The molecule has 2 aliphatic rings. The maximum atomic E-state index is 6.31. The van der Waals surface area contributed by atoms with Gasteiger partial charge in [0.25, 0.3) is 0 Å². The lowest BCUT2D eigenvalue weighted by Crippen LogP contribution is -2.19. The van der Waals surface area contributed by atoms with Crippen LogP contribution in [0, 0.1) is 6.92 Å². The lowest BCUT2D eigenvalue weighted by molar-refractivity contribution is 0.262. The molecule has 1 saturated heterocycles. The van der Waals surface area contributed by atoms with Crippen LogP contribution >= 0.6 is 11.3 Å². The average molecular weight is 473 g/mol. The molecule has 4 aromatic rings. The Hall–Kier alpha value is -3.23. The van der Waals surface area contributed by atoms with E-state index in [0.717, 1.165) is 63.8 Å². The highest BCUT2D eigenvalue weighted by Crippen LogP contribution is 2.40. The fraction of sp³-hybridized carbons (Fsp3) is 0.346. The van der Waals surface area contributed by atoms with Crippen molar-refractivity contribution in [2.45, 2.75) is 38.1 Å². The molecule has 6 rings (SSSR count). The van der Waals surface area contributed by atoms with Crippen LogP contribution in [0.3, 0.4) is 0 Å². The first-order valence-corrected chi connectivity index (χ1v) is 12.5. The lowest BCUT2D eigenvalue weighted by atomic mass is 9.96. The number of fused-ring (bicyclic) bond motifs is 2. The Bertz CT molecular complexity index is 1350. The second-order valence-corrected chi connectivity index (χ2v) is 10.1. The molecule has 4 heterocycles. The van der Waals surface area contributed by atoms with Crippen molar-refractivity contribution in [3.8, 4) is 22.8 Å². The summed E-state index contributed by atoms with van der Waals surface area (Å²) in [5.74, 6) is 2.21. The quantitative estimate of drug-likeness (QED) is 0.425. The zero-order valence-electron chi connectivity index (χ0n) is 19.0. The zero-order chi connectivity index (χ0) is 23.1. The first kappa shape index (κ1) is 21.3. The van der Waals surface area contributed by atoms with Crippen molar-refractivity contribution >= 4 is 27.5 Å². The van der Waals surface area contributed by atoms with Gasteiger partial charge in [-0.3, -0.25) is 0 Å². The molecule has 8 heteroatoms. The van der Waals surface area contributed by atoms with Crippen LogP contribution in [0.15, 0.2) is 42.6 Å². The summed E-state index contributed by atoms with van der Waals surface area (Å²) in [6.07, 6.45) is 4.80. The number of ether oxygens (including phenoxy) is 2. The largest absolute Gasteiger partial charge is 0.657 e. The van der Waals surface area contributed by atoms with Crippen LogP contribution in [-0.2, 0) is 6.42 Å². The van der Waals surface area contributed by atoms with Gasteiger partial charge in [0.15, 0.2) is 0 Å². The summed E-state index contributed by atoms with van der Waals surface area (Å²) in [5, 5.41) is 5.70. The second-order valence-electron chi connectivity index (χ2n) is 9.01. The van der Waals surface area contributed by atoms with E-state index in [-0.39, 0.29) is 17.9 Å². The Morgan fingerprint density at radius 3 is 3.00 bits per heavy atom. The molecule has 0 saturated carbocycles. The standard InChI is InChI=1S/C26H26N5O2S/c1-15-4-5-21-17(9-15)10-18(13-32-21)25-31-24-22(33-14-19-3-2-7-28-19)11-16(12-23(24)34-25)20-6-8-29-26(27)30-20/h4-6,8-9,11-12,18-19H,2-3,7,10,13-14H2,1H3,(H2,27,29,30)/q-1.